The quantitative estimate of drug-likeness (QED) is 0.799. The van der Waals surface area contributed by atoms with E-state index in [1.54, 1.807) is 7.11 Å². The predicted octanol–water partition coefficient (Wildman–Crippen LogP) is 3.62. The minimum Gasteiger partial charge on any atom is -0.495 e. The number of methoxy groups -OCH3 is 1. The Morgan fingerprint density at radius 1 is 1.11 bits per heavy atom. The zero-order valence-corrected chi connectivity index (χ0v) is 17.2. The highest BCUT2D eigenvalue weighted by atomic mass is 16.5. The Balaban J connectivity index is 1.57. The van der Waals surface area contributed by atoms with Crippen molar-refractivity contribution in [3.63, 3.8) is 0 Å². The summed E-state index contributed by atoms with van der Waals surface area (Å²) in [6.45, 7) is 7.67. The van der Waals surface area contributed by atoms with Gasteiger partial charge in [0.25, 0.3) is 0 Å². The number of aromatic nitrogens is 2. The van der Waals surface area contributed by atoms with Gasteiger partial charge in [0.15, 0.2) is 0 Å². The van der Waals surface area contributed by atoms with Gasteiger partial charge in [-0.1, -0.05) is 6.42 Å². The Morgan fingerprint density at radius 2 is 1.86 bits per heavy atom. The number of aryl methyl sites for hydroxylation is 1. The fourth-order valence-electron chi connectivity index (χ4n) is 4.69. The highest BCUT2D eigenvalue weighted by molar-refractivity contribution is 5.83. The molecule has 1 aromatic carbocycles. The molecule has 2 aliphatic heterocycles. The van der Waals surface area contributed by atoms with Gasteiger partial charge in [0.1, 0.15) is 5.75 Å². The highest BCUT2D eigenvalue weighted by Crippen LogP contribution is 2.39. The molecule has 0 bridgehead atoms. The van der Waals surface area contributed by atoms with E-state index >= 15 is 0 Å². The maximum Gasteiger partial charge on any atom is 0.143 e. The molecular weight excluding hydrogens is 350 g/mol. The van der Waals surface area contributed by atoms with E-state index in [1.165, 1.54) is 50.9 Å². The molecule has 0 atom stereocenters. The summed E-state index contributed by atoms with van der Waals surface area (Å²) in [6, 6.07) is 4.88. The molecule has 28 heavy (non-hydrogen) atoms. The smallest absolute Gasteiger partial charge is 0.143 e. The van der Waals surface area contributed by atoms with E-state index in [0.29, 0.717) is 5.69 Å². The van der Waals surface area contributed by atoms with Crippen LogP contribution in [0.2, 0.25) is 0 Å². The lowest BCUT2D eigenvalue weighted by Gasteiger charge is -2.41. The van der Waals surface area contributed by atoms with Crippen LogP contribution in [0, 0.1) is 0 Å². The van der Waals surface area contributed by atoms with E-state index in [2.05, 4.69) is 34.1 Å². The molecule has 2 aromatic rings. The average Bonchev–Trinajstić information content (AvgIpc) is 3.23. The van der Waals surface area contributed by atoms with Crippen LogP contribution in [0.25, 0.3) is 11.1 Å². The molecule has 4 rings (SSSR count). The van der Waals surface area contributed by atoms with Gasteiger partial charge in [0.05, 0.1) is 19.0 Å². The summed E-state index contributed by atoms with van der Waals surface area (Å²) >= 11 is 0. The van der Waals surface area contributed by atoms with E-state index in [4.69, 9.17) is 10.5 Å². The Hall–Kier alpha value is -2.21. The normalized spacial score (nSPS) is 19.1. The van der Waals surface area contributed by atoms with Gasteiger partial charge in [-0.2, -0.15) is 5.10 Å². The van der Waals surface area contributed by atoms with Crippen LogP contribution in [-0.2, 0) is 6.54 Å². The van der Waals surface area contributed by atoms with Crippen LogP contribution in [0.4, 0.5) is 11.4 Å². The first-order valence-electron chi connectivity index (χ1n) is 10.7. The van der Waals surface area contributed by atoms with Gasteiger partial charge in [-0.3, -0.25) is 4.68 Å². The molecule has 0 spiro atoms. The summed E-state index contributed by atoms with van der Waals surface area (Å²) in [5.41, 5.74) is 10.4. The van der Waals surface area contributed by atoms with Crippen LogP contribution in [0.3, 0.4) is 0 Å². The topological polar surface area (TPSA) is 59.6 Å². The van der Waals surface area contributed by atoms with Crippen LogP contribution in [-0.4, -0.2) is 54.0 Å². The number of ether oxygens (including phenoxy) is 1. The van der Waals surface area contributed by atoms with Gasteiger partial charge < -0.3 is 20.3 Å². The molecular formula is C22H33N5O. The van der Waals surface area contributed by atoms with Crippen molar-refractivity contribution in [2.24, 2.45) is 0 Å². The minimum atomic E-state index is 0.675. The third-order valence-electron chi connectivity index (χ3n) is 6.33. The summed E-state index contributed by atoms with van der Waals surface area (Å²) in [5, 5.41) is 4.46. The number of nitrogens with two attached hydrogens (primary N) is 1. The molecule has 0 radical (unpaired) electrons. The number of benzene rings is 1. The lowest BCUT2D eigenvalue weighted by atomic mass is 9.97. The summed E-state index contributed by atoms with van der Waals surface area (Å²) < 4.78 is 7.49. The van der Waals surface area contributed by atoms with E-state index in [0.717, 1.165) is 42.6 Å². The fraction of sp³-hybridized carbons (Fsp3) is 0.591. The second-order valence-electron chi connectivity index (χ2n) is 8.01. The molecule has 1 aromatic heterocycles. The third-order valence-corrected chi connectivity index (χ3v) is 6.33. The second kappa shape index (κ2) is 8.43. The standard InChI is InChI=1S/C22H33N5O/c1-3-27-16-17(15-24-27)19-13-20(23)22(28-2)14-21(19)26-11-7-18(8-12-26)25-9-5-4-6-10-25/h13-16,18H,3-12,23H2,1-2H3. The number of anilines is 2. The van der Waals surface area contributed by atoms with Gasteiger partial charge in [0.2, 0.25) is 0 Å². The SMILES string of the molecule is CCn1cc(-c2cc(N)c(OC)cc2N2CCC(N3CCCCC3)CC2)cn1. The number of nitrogens with zero attached hydrogens (tertiary/aromatic N) is 4. The lowest BCUT2D eigenvalue weighted by Crippen LogP contribution is -2.46. The number of nitrogen functional groups attached to an aromatic ring is 1. The fourth-order valence-corrected chi connectivity index (χ4v) is 4.69. The average molecular weight is 384 g/mol. The van der Waals surface area contributed by atoms with Crippen LogP contribution in [0.1, 0.15) is 39.0 Å². The number of hydrogen-bond donors (Lipinski definition) is 1. The number of likely N-dealkylation sites (tertiary alicyclic amines) is 1. The first kappa shape index (κ1) is 19.1. The summed E-state index contributed by atoms with van der Waals surface area (Å²) in [5.74, 6) is 0.750. The van der Waals surface area contributed by atoms with E-state index < -0.39 is 0 Å². The van der Waals surface area contributed by atoms with Crippen molar-refractivity contribution in [1.82, 2.24) is 14.7 Å². The van der Waals surface area contributed by atoms with Gasteiger partial charge in [-0.05, 0) is 51.8 Å². The van der Waals surface area contributed by atoms with Crippen molar-refractivity contribution in [2.45, 2.75) is 51.6 Å². The van der Waals surface area contributed by atoms with Gasteiger partial charge in [-0.15, -0.1) is 0 Å². The molecule has 2 fully saturated rings. The molecule has 6 heteroatoms. The Labute approximate surface area is 168 Å². The van der Waals surface area contributed by atoms with E-state index in [1.807, 2.05) is 16.9 Å². The van der Waals surface area contributed by atoms with Crippen LogP contribution < -0.4 is 15.4 Å². The summed E-state index contributed by atoms with van der Waals surface area (Å²) in [6.07, 6.45) is 10.6. The molecule has 2 aliphatic rings. The highest BCUT2D eigenvalue weighted by Gasteiger charge is 2.27. The zero-order valence-electron chi connectivity index (χ0n) is 17.2. The summed E-state index contributed by atoms with van der Waals surface area (Å²) in [4.78, 5) is 5.22. The zero-order chi connectivity index (χ0) is 19.5. The van der Waals surface area contributed by atoms with E-state index in [9.17, 15) is 0 Å². The molecule has 0 unspecified atom stereocenters. The monoisotopic (exact) mass is 383 g/mol. The van der Waals surface area contributed by atoms with Crippen molar-refractivity contribution in [3.8, 4) is 16.9 Å². The second-order valence-corrected chi connectivity index (χ2v) is 8.01. The van der Waals surface area contributed by atoms with Crippen LogP contribution >= 0.6 is 0 Å². The molecule has 2 saturated heterocycles. The Bertz CT molecular complexity index is 788. The van der Waals surface area contributed by atoms with Crippen molar-refractivity contribution in [3.05, 3.63) is 24.5 Å². The molecule has 3 heterocycles. The van der Waals surface area contributed by atoms with Crippen LogP contribution in [0.5, 0.6) is 5.75 Å². The Morgan fingerprint density at radius 3 is 2.50 bits per heavy atom. The van der Waals surface area contributed by atoms with E-state index in [-0.39, 0.29) is 0 Å². The maximum absolute atomic E-state index is 6.25. The first-order chi connectivity index (χ1) is 13.7. The third kappa shape index (κ3) is 3.83. The molecule has 0 aliphatic carbocycles. The molecule has 6 nitrogen and oxygen atoms in total. The first-order valence-corrected chi connectivity index (χ1v) is 10.7. The van der Waals surface area contributed by atoms with Crippen molar-refractivity contribution < 1.29 is 4.74 Å². The largest absolute Gasteiger partial charge is 0.495 e. The lowest BCUT2D eigenvalue weighted by molar-refractivity contribution is 0.141. The van der Waals surface area contributed by atoms with Crippen LogP contribution in [0.15, 0.2) is 24.5 Å². The predicted molar refractivity (Wildman–Crippen MR) is 115 cm³/mol. The minimum absolute atomic E-state index is 0.675. The Kier molecular flexibility index (Phi) is 5.76. The molecule has 152 valence electrons. The number of hydrogen-bond acceptors (Lipinski definition) is 5. The number of rotatable bonds is 5. The van der Waals surface area contributed by atoms with Gasteiger partial charge in [-0.25, -0.2) is 0 Å². The maximum atomic E-state index is 6.25. The molecule has 2 N–H and O–H groups in total. The van der Waals surface area contributed by atoms with Gasteiger partial charge >= 0.3 is 0 Å². The van der Waals surface area contributed by atoms with Gasteiger partial charge in [0, 0.05) is 54.8 Å². The van der Waals surface area contributed by atoms with Crippen molar-refractivity contribution >= 4 is 11.4 Å². The van der Waals surface area contributed by atoms with Crippen molar-refractivity contribution in [1.29, 1.82) is 0 Å². The number of piperidine rings is 2. The molecule has 0 amide bonds. The summed E-state index contributed by atoms with van der Waals surface area (Å²) in [7, 11) is 1.69. The molecule has 0 saturated carbocycles. The van der Waals surface area contributed by atoms with Crippen molar-refractivity contribution in [2.75, 3.05) is 43.9 Å².